The highest BCUT2D eigenvalue weighted by Crippen LogP contribution is 2.23. The van der Waals surface area contributed by atoms with Crippen LogP contribution in [0.4, 0.5) is 5.82 Å². The van der Waals surface area contributed by atoms with Crippen LogP contribution in [-0.2, 0) is 13.1 Å². The van der Waals surface area contributed by atoms with Crippen molar-refractivity contribution in [3.63, 3.8) is 0 Å². The molecule has 0 saturated carbocycles. The molecule has 5 nitrogen and oxygen atoms in total. The minimum Gasteiger partial charge on any atom is -0.383 e. The molecule has 20 heavy (non-hydrogen) atoms. The standard InChI is InChI=1S/C14H15N5S/c1-19(8-10-2-5-16-6-3-10)9-12-17-13(15)11-4-7-20-14(11)18-12/h2-7H,8-9H2,1H3,(H2,15,17,18). The molecule has 0 atom stereocenters. The van der Waals surface area contributed by atoms with Gasteiger partial charge in [-0.1, -0.05) is 0 Å². The van der Waals surface area contributed by atoms with Crippen molar-refractivity contribution < 1.29 is 0 Å². The summed E-state index contributed by atoms with van der Waals surface area (Å²) in [6.07, 6.45) is 3.60. The van der Waals surface area contributed by atoms with E-state index in [1.165, 1.54) is 5.56 Å². The van der Waals surface area contributed by atoms with Gasteiger partial charge in [0.1, 0.15) is 16.5 Å². The van der Waals surface area contributed by atoms with Crippen molar-refractivity contribution in [1.29, 1.82) is 0 Å². The largest absolute Gasteiger partial charge is 0.383 e. The first-order chi connectivity index (χ1) is 9.72. The van der Waals surface area contributed by atoms with Crippen LogP contribution in [0.1, 0.15) is 11.4 Å². The number of hydrogen-bond donors (Lipinski definition) is 1. The Morgan fingerprint density at radius 1 is 1.15 bits per heavy atom. The van der Waals surface area contributed by atoms with Gasteiger partial charge < -0.3 is 5.73 Å². The number of hydrogen-bond acceptors (Lipinski definition) is 6. The lowest BCUT2D eigenvalue weighted by Crippen LogP contribution is -2.19. The second-order valence-electron chi connectivity index (χ2n) is 4.69. The van der Waals surface area contributed by atoms with Crippen LogP contribution in [0.5, 0.6) is 0 Å². The van der Waals surface area contributed by atoms with Gasteiger partial charge in [-0.05, 0) is 36.2 Å². The molecule has 0 aliphatic heterocycles. The van der Waals surface area contributed by atoms with Crippen molar-refractivity contribution in [2.45, 2.75) is 13.1 Å². The molecule has 0 fully saturated rings. The monoisotopic (exact) mass is 285 g/mol. The SMILES string of the molecule is CN(Cc1ccncc1)Cc1nc(N)c2ccsc2n1. The van der Waals surface area contributed by atoms with E-state index in [-0.39, 0.29) is 0 Å². The van der Waals surface area contributed by atoms with E-state index in [4.69, 9.17) is 5.73 Å². The van der Waals surface area contributed by atoms with Gasteiger partial charge in [0.2, 0.25) is 0 Å². The van der Waals surface area contributed by atoms with Crippen molar-refractivity contribution in [3.05, 3.63) is 47.4 Å². The Balaban J connectivity index is 1.75. The third-order valence-corrected chi connectivity index (χ3v) is 3.82. The van der Waals surface area contributed by atoms with Gasteiger partial charge in [0.15, 0.2) is 0 Å². The average Bonchev–Trinajstić information content (AvgIpc) is 2.88. The Kier molecular flexibility index (Phi) is 3.58. The van der Waals surface area contributed by atoms with E-state index in [1.54, 1.807) is 23.7 Å². The molecule has 0 bridgehead atoms. The van der Waals surface area contributed by atoms with Gasteiger partial charge >= 0.3 is 0 Å². The Morgan fingerprint density at radius 2 is 1.95 bits per heavy atom. The van der Waals surface area contributed by atoms with Crippen molar-refractivity contribution in [2.75, 3.05) is 12.8 Å². The molecule has 0 saturated heterocycles. The van der Waals surface area contributed by atoms with E-state index in [2.05, 4.69) is 19.9 Å². The number of nitrogen functional groups attached to an aromatic ring is 1. The molecule has 0 radical (unpaired) electrons. The number of nitrogens with two attached hydrogens (primary N) is 1. The first-order valence-corrected chi connectivity index (χ1v) is 7.17. The lowest BCUT2D eigenvalue weighted by Gasteiger charge is -2.15. The molecule has 2 N–H and O–H groups in total. The van der Waals surface area contributed by atoms with Crippen LogP contribution in [0, 0.1) is 0 Å². The first-order valence-electron chi connectivity index (χ1n) is 6.29. The molecule has 0 aliphatic carbocycles. The summed E-state index contributed by atoms with van der Waals surface area (Å²) in [6, 6.07) is 5.97. The second-order valence-corrected chi connectivity index (χ2v) is 5.59. The predicted molar refractivity (Wildman–Crippen MR) is 81.2 cm³/mol. The first kappa shape index (κ1) is 13.0. The molecule has 3 heterocycles. The van der Waals surface area contributed by atoms with Crippen molar-refractivity contribution in [1.82, 2.24) is 19.9 Å². The summed E-state index contributed by atoms with van der Waals surface area (Å²) in [5.74, 6) is 1.32. The molecule has 3 aromatic heterocycles. The molecule has 0 spiro atoms. The molecule has 0 aromatic carbocycles. The molecular formula is C14H15N5S. The van der Waals surface area contributed by atoms with Gasteiger partial charge in [-0.15, -0.1) is 11.3 Å². The number of aromatic nitrogens is 3. The third-order valence-electron chi connectivity index (χ3n) is 3.01. The number of fused-ring (bicyclic) bond motifs is 1. The van der Waals surface area contributed by atoms with Crippen LogP contribution in [0.3, 0.4) is 0 Å². The van der Waals surface area contributed by atoms with E-state index in [0.29, 0.717) is 12.4 Å². The van der Waals surface area contributed by atoms with Gasteiger partial charge in [0, 0.05) is 18.9 Å². The maximum absolute atomic E-state index is 5.96. The zero-order chi connectivity index (χ0) is 13.9. The summed E-state index contributed by atoms with van der Waals surface area (Å²) in [5.41, 5.74) is 7.17. The number of pyridine rings is 1. The van der Waals surface area contributed by atoms with E-state index >= 15 is 0 Å². The van der Waals surface area contributed by atoms with Crippen molar-refractivity contribution >= 4 is 27.4 Å². The molecule has 0 aliphatic rings. The van der Waals surface area contributed by atoms with Crippen LogP contribution in [0.2, 0.25) is 0 Å². The number of rotatable bonds is 4. The van der Waals surface area contributed by atoms with Gasteiger partial charge in [-0.3, -0.25) is 9.88 Å². The van der Waals surface area contributed by atoms with Crippen LogP contribution in [0.15, 0.2) is 36.0 Å². The van der Waals surface area contributed by atoms with Gasteiger partial charge in [-0.25, -0.2) is 9.97 Å². The molecule has 6 heteroatoms. The molecule has 3 aromatic rings. The maximum Gasteiger partial charge on any atom is 0.146 e. The summed E-state index contributed by atoms with van der Waals surface area (Å²) < 4.78 is 0. The van der Waals surface area contributed by atoms with Crippen LogP contribution >= 0.6 is 11.3 Å². The molecule has 0 unspecified atom stereocenters. The fourth-order valence-corrected chi connectivity index (χ4v) is 2.88. The van der Waals surface area contributed by atoms with Gasteiger partial charge in [0.05, 0.1) is 11.9 Å². The summed E-state index contributed by atoms with van der Waals surface area (Å²) in [6.45, 7) is 1.49. The summed E-state index contributed by atoms with van der Waals surface area (Å²) >= 11 is 1.59. The van der Waals surface area contributed by atoms with Crippen LogP contribution in [-0.4, -0.2) is 26.9 Å². The molecule has 3 rings (SSSR count). The van der Waals surface area contributed by atoms with E-state index in [9.17, 15) is 0 Å². The van der Waals surface area contributed by atoms with Gasteiger partial charge in [-0.2, -0.15) is 0 Å². The normalized spacial score (nSPS) is 11.3. The highest BCUT2D eigenvalue weighted by atomic mass is 32.1. The fraction of sp³-hybridized carbons (Fsp3) is 0.214. The van der Waals surface area contributed by atoms with Crippen LogP contribution in [0.25, 0.3) is 10.2 Å². The second kappa shape index (κ2) is 5.52. The predicted octanol–water partition coefficient (Wildman–Crippen LogP) is 2.30. The van der Waals surface area contributed by atoms with E-state index in [0.717, 1.165) is 22.6 Å². The Labute approximate surface area is 121 Å². The molecular weight excluding hydrogens is 270 g/mol. The minimum absolute atomic E-state index is 0.559. The third kappa shape index (κ3) is 2.76. The quantitative estimate of drug-likeness (QED) is 0.796. The maximum atomic E-state index is 5.96. The number of thiophene rings is 1. The number of anilines is 1. The average molecular weight is 285 g/mol. The zero-order valence-electron chi connectivity index (χ0n) is 11.2. The summed E-state index contributed by atoms with van der Waals surface area (Å²) in [5, 5.41) is 2.93. The zero-order valence-corrected chi connectivity index (χ0v) is 12.0. The highest BCUT2D eigenvalue weighted by Gasteiger charge is 2.09. The minimum atomic E-state index is 0.559. The van der Waals surface area contributed by atoms with Crippen molar-refractivity contribution in [2.24, 2.45) is 0 Å². The van der Waals surface area contributed by atoms with Gasteiger partial charge in [0.25, 0.3) is 0 Å². The summed E-state index contributed by atoms with van der Waals surface area (Å²) in [4.78, 5) is 16.0. The lowest BCUT2D eigenvalue weighted by atomic mass is 10.2. The number of nitrogens with zero attached hydrogens (tertiary/aromatic N) is 4. The topological polar surface area (TPSA) is 67.9 Å². The van der Waals surface area contributed by atoms with Crippen LogP contribution < -0.4 is 5.73 Å². The Bertz CT molecular complexity index is 710. The van der Waals surface area contributed by atoms with Crippen molar-refractivity contribution in [3.8, 4) is 0 Å². The molecule has 102 valence electrons. The molecule has 0 amide bonds. The smallest absolute Gasteiger partial charge is 0.146 e. The lowest BCUT2D eigenvalue weighted by molar-refractivity contribution is 0.311. The Hall–Kier alpha value is -2.05. The van der Waals surface area contributed by atoms with E-state index < -0.39 is 0 Å². The van der Waals surface area contributed by atoms with E-state index in [1.807, 2.05) is 30.6 Å². The Morgan fingerprint density at radius 3 is 2.75 bits per heavy atom. The highest BCUT2D eigenvalue weighted by molar-refractivity contribution is 7.16. The fourth-order valence-electron chi connectivity index (χ4n) is 2.09. The summed E-state index contributed by atoms with van der Waals surface area (Å²) in [7, 11) is 2.04.